The van der Waals surface area contributed by atoms with Crippen molar-refractivity contribution in [1.29, 1.82) is 0 Å². The highest BCUT2D eigenvalue weighted by Gasteiger charge is 2.32. The summed E-state index contributed by atoms with van der Waals surface area (Å²) < 4.78 is 51.3. The van der Waals surface area contributed by atoms with Gasteiger partial charge in [-0.3, -0.25) is 4.39 Å². The zero-order valence-electron chi connectivity index (χ0n) is 6.40. The molecule has 0 aliphatic rings. The van der Waals surface area contributed by atoms with Crippen LogP contribution in [-0.2, 0) is 4.74 Å². The summed E-state index contributed by atoms with van der Waals surface area (Å²) in [5.74, 6) is 0. The van der Waals surface area contributed by atoms with Crippen LogP contribution in [0, 0.1) is 0 Å². The molecule has 0 amide bonds. The summed E-state index contributed by atoms with van der Waals surface area (Å²) in [5.41, 5.74) is 0. The first-order chi connectivity index (χ1) is 5.49. The highest BCUT2D eigenvalue weighted by atomic mass is 19.4. The van der Waals surface area contributed by atoms with Crippen LogP contribution in [0.3, 0.4) is 0 Å². The van der Waals surface area contributed by atoms with E-state index < -0.39 is 25.4 Å². The molecule has 12 heavy (non-hydrogen) atoms. The molecule has 0 N–H and O–H groups in total. The molecule has 0 aliphatic heterocycles. The second kappa shape index (κ2) is 5.00. The third kappa shape index (κ3) is 6.00. The minimum Gasteiger partial charge on any atom is -0.498 e. The van der Waals surface area contributed by atoms with E-state index in [-0.39, 0.29) is 6.42 Å². The van der Waals surface area contributed by atoms with Crippen LogP contribution in [0.4, 0.5) is 17.6 Å². The Hall–Kier alpha value is -0.740. The number of hydrogen-bond donors (Lipinski definition) is 0. The second-order valence-corrected chi connectivity index (χ2v) is 2.22. The van der Waals surface area contributed by atoms with Gasteiger partial charge in [0.1, 0.15) is 6.10 Å². The highest BCUT2D eigenvalue weighted by Crippen LogP contribution is 2.24. The first kappa shape index (κ1) is 11.3. The normalized spacial score (nSPS) is 14.0. The fraction of sp³-hybridized carbons (Fsp3) is 0.714. The molecule has 1 unspecified atom stereocenters. The third-order valence-corrected chi connectivity index (χ3v) is 1.18. The largest absolute Gasteiger partial charge is 0.498 e. The van der Waals surface area contributed by atoms with Gasteiger partial charge in [-0.15, -0.1) is 0 Å². The standard InChI is InChI=1S/C7H10F4O/c1-2-12-6(3-4-8)5-7(9,10)11/h2,6H,1,3-5H2. The molecule has 0 spiro atoms. The Morgan fingerprint density at radius 2 is 2.00 bits per heavy atom. The van der Waals surface area contributed by atoms with Crippen molar-refractivity contribution in [3.63, 3.8) is 0 Å². The summed E-state index contributed by atoms with van der Waals surface area (Å²) >= 11 is 0. The summed E-state index contributed by atoms with van der Waals surface area (Å²) in [7, 11) is 0. The van der Waals surface area contributed by atoms with E-state index >= 15 is 0 Å². The fourth-order valence-electron chi connectivity index (χ4n) is 0.734. The van der Waals surface area contributed by atoms with Gasteiger partial charge in [0.15, 0.2) is 0 Å². The SMILES string of the molecule is C=COC(CCF)CC(F)(F)F. The average Bonchev–Trinajstić information content (AvgIpc) is 1.84. The van der Waals surface area contributed by atoms with Gasteiger partial charge in [-0.1, -0.05) is 6.58 Å². The maximum atomic E-state index is 11.7. The summed E-state index contributed by atoms with van der Waals surface area (Å²) in [5, 5.41) is 0. The molecule has 0 aromatic heterocycles. The smallest absolute Gasteiger partial charge is 0.392 e. The first-order valence-electron chi connectivity index (χ1n) is 3.38. The van der Waals surface area contributed by atoms with E-state index in [0.29, 0.717) is 0 Å². The number of rotatable bonds is 5. The van der Waals surface area contributed by atoms with Crippen molar-refractivity contribution in [2.75, 3.05) is 6.67 Å². The predicted octanol–water partition coefficient (Wildman–Crippen LogP) is 2.83. The van der Waals surface area contributed by atoms with Gasteiger partial charge in [0.05, 0.1) is 19.4 Å². The zero-order chi connectivity index (χ0) is 9.61. The Morgan fingerprint density at radius 1 is 1.42 bits per heavy atom. The van der Waals surface area contributed by atoms with Gasteiger partial charge in [-0.25, -0.2) is 0 Å². The monoisotopic (exact) mass is 186 g/mol. The van der Waals surface area contributed by atoms with Crippen molar-refractivity contribution < 1.29 is 22.3 Å². The number of ether oxygens (including phenoxy) is 1. The van der Waals surface area contributed by atoms with Gasteiger partial charge in [0.2, 0.25) is 0 Å². The van der Waals surface area contributed by atoms with Gasteiger partial charge in [0, 0.05) is 6.42 Å². The summed E-state index contributed by atoms with van der Waals surface area (Å²) in [4.78, 5) is 0. The Balaban J connectivity index is 3.85. The molecule has 5 heteroatoms. The Kier molecular flexibility index (Phi) is 4.70. The number of hydrogen-bond acceptors (Lipinski definition) is 1. The van der Waals surface area contributed by atoms with Crippen molar-refractivity contribution >= 4 is 0 Å². The number of halogens is 4. The van der Waals surface area contributed by atoms with Crippen molar-refractivity contribution in [3.05, 3.63) is 12.8 Å². The molecule has 0 saturated heterocycles. The van der Waals surface area contributed by atoms with Gasteiger partial charge in [-0.2, -0.15) is 13.2 Å². The molecule has 0 rings (SSSR count). The Labute approximate surface area is 68.0 Å². The lowest BCUT2D eigenvalue weighted by atomic mass is 10.2. The van der Waals surface area contributed by atoms with Crippen molar-refractivity contribution in [1.82, 2.24) is 0 Å². The topological polar surface area (TPSA) is 9.23 Å². The van der Waals surface area contributed by atoms with Gasteiger partial charge in [0.25, 0.3) is 0 Å². The van der Waals surface area contributed by atoms with E-state index in [1.807, 2.05) is 0 Å². The second-order valence-electron chi connectivity index (χ2n) is 2.22. The molecule has 0 fully saturated rings. The van der Waals surface area contributed by atoms with E-state index in [2.05, 4.69) is 11.3 Å². The van der Waals surface area contributed by atoms with Crippen molar-refractivity contribution in [3.8, 4) is 0 Å². The zero-order valence-corrected chi connectivity index (χ0v) is 6.40. The maximum Gasteiger partial charge on any atom is 0.392 e. The molecule has 0 bridgehead atoms. The lowest BCUT2D eigenvalue weighted by Gasteiger charge is -2.16. The lowest BCUT2D eigenvalue weighted by Crippen LogP contribution is -2.21. The molecule has 1 nitrogen and oxygen atoms in total. The van der Waals surface area contributed by atoms with E-state index in [9.17, 15) is 17.6 Å². The van der Waals surface area contributed by atoms with Crippen LogP contribution in [0.1, 0.15) is 12.8 Å². The average molecular weight is 186 g/mol. The Bertz CT molecular complexity index is 132. The van der Waals surface area contributed by atoms with E-state index in [1.54, 1.807) is 0 Å². The van der Waals surface area contributed by atoms with Crippen LogP contribution in [-0.4, -0.2) is 19.0 Å². The minimum atomic E-state index is -4.32. The van der Waals surface area contributed by atoms with Crippen LogP contribution in [0.25, 0.3) is 0 Å². The summed E-state index contributed by atoms with van der Waals surface area (Å²) in [6.07, 6.45) is -5.96. The first-order valence-corrected chi connectivity index (χ1v) is 3.38. The van der Waals surface area contributed by atoms with Crippen molar-refractivity contribution in [2.45, 2.75) is 25.1 Å². The van der Waals surface area contributed by atoms with Crippen LogP contribution in [0.2, 0.25) is 0 Å². The molecule has 0 heterocycles. The summed E-state index contributed by atoms with van der Waals surface area (Å²) in [6, 6.07) is 0. The molecular formula is C7H10F4O. The Morgan fingerprint density at radius 3 is 2.33 bits per heavy atom. The van der Waals surface area contributed by atoms with Crippen LogP contribution in [0.5, 0.6) is 0 Å². The van der Waals surface area contributed by atoms with E-state index in [0.717, 1.165) is 6.26 Å². The lowest BCUT2D eigenvalue weighted by molar-refractivity contribution is -0.155. The fourth-order valence-corrected chi connectivity index (χ4v) is 0.734. The highest BCUT2D eigenvalue weighted by molar-refractivity contribution is 4.66. The quantitative estimate of drug-likeness (QED) is 0.473. The van der Waals surface area contributed by atoms with E-state index in [4.69, 9.17) is 0 Å². The molecule has 0 radical (unpaired) electrons. The van der Waals surface area contributed by atoms with Crippen LogP contribution < -0.4 is 0 Å². The van der Waals surface area contributed by atoms with Gasteiger partial charge < -0.3 is 4.74 Å². The molecule has 72 valence electrons. The van der Waals surface area contributed by atoms with Gasteiger partial charge in [-0.05, 0) is 0 Å². The molecule has 0 aromatic rings. The summed E-state index contributed by atoms with van der Waals surface area (Å²) in [6.45, 7) is 2.28. The molecule has 1 atom stereocenters. The molecule has 0 aromatic carbocycles. The van der Waals surface area contributed by atoms with Crippen LogP contribution >= 0.6 is 0 Å². The molecule has 0 saturated carbocycles. The van der Waals surface area contributed by atoms with E-state index in [1.165, 1.54) is 0 Å². The van der Waals surface area contributed by atoms with Crippen LogP contribution in [0.15, 0.2) is 12.8 Å². The third-order valence-electron chi connectivity index (χ3n) is 1.18. The van der Waals surface area contributed by atoms with Gasteiger partial charge >= 0.3 is 6.18 Å². The molecule has 0 aliphatic carbocycles. The number of alkyl halides is 4. The molecular weight excluding hydrogens is 176 g/mol. The maximum absolute atomic E-state index is 11.7. The van der Waals surface area contributed by atoms with Crippen molar-refractivity contribution in [2.24, 2.45) is 0 Å². The predicted molar refractivity (Wildman–Crippen MR) is 36.3 cm³/mol. The minimum absolute atomic E-state index is 0.258.